The summed E-state index contributed by atoms with van der Waals surface area (Å²) in [5.74, 6) is -2.33. The number of halogens is 1. The van der Waals surface area contributed by atoms with Crippen LogP contribution >= 0.6 is 11.8 Å². The topological polar surface area (TPSA) is 158 Å². The second-order valence-electron chi connectivity index (χ2n) is 9.47. The van der Waals surface area contributed by atoms with Gasteiger partial charge in [-0.15, -0.1) is 16.9 Å². The largest absolute Gasteiger partial charge is 0.461 e. The van der Waals surface area contributed by atoms with E-state index in [1.54, 1.807) is 62.4 Å². The van der Waals surface area contributed by atoms with Crippen molar-refractivity contribution in [2.75, 3.05) is 11.9 Å². The third kappa shape index (κ3) is 5.96. The van der Waals surface area contributed by atoms with Crippen molar-refractivity contribution in [2.45, 2.75) is 36.7 Å². The van der Waals surface area contributed by atoms with E-state index in [0.717, 1.165) is 11.8 Å². The molecule has 12 nitrogen and oxygen atoms in total. The SMILES string of the molecule is CC(C)C(=O)Nc1nc2c(nnn2C2S[C@H](COC(=O)c3ccccc3)[C@@H](F)[C@H]2OC(=O)c2ccccc2)c(=O)[nH]1. The van der Waals surface area contributed by atoms with Crippen LogP contribution in [0, 0.1) is 5.92 Å². The van der Waals surface area contributed by atoms with Crippen LogP contribution in [0.1, 0.15) is 39.9 Å². The molecule has 0 radical (unpaired) electrons. The van der Waals surface area contributed by atoms with E-state index in [0.29, 0.717) is 5.56 Å². The van der Waals surface area contributed by atoms with Gasteiger partial charge < -0.3 is 9.47 Å². The smallest absolute Gasteiger partial charge is 0.338 e. The highest BCUT2D eigenvalue weighted by Crippen LogP contribution is 2.46. The lowest BCUT2D eigenvalue weighted by Gasteiger charge is -2.21. The molecule has 1 aliphatic rings. The first-order valence-electron chi connectivity index (χ1n) is 12.7. The molecular weight excluding hydrogens is 555 g/mol. The molecule has 212 valence electrons. The lowest BCUT2D eigenvalue weighted by Crippen LogP contribution is -2.35. The summed E-state index contributed by atoms with van der Waals surface area (Å²) in [7, 11) is 0. The highest BCUT2D eigenvalue weighted by molar-refractivity contribution is 8.00. The summed E-state index contributed by atoms with van der Waals surface area (Å²) in [6, 6.07) is 16.3. The Morgan fingerprint density at radius 3 is 2.32 bits per heavy atom. The number of alkyl halides is 1. The van der Waals surface area contributed by atoms with Crippen molar-refractivity contribution in [2.24, 2.45) is 5.92 Å². The third-order valence-electron chi connectivity index (χ3n) is 6.25. The summed E-state index contributed by atoms with van der Waals surface area (Å²) >= 11 is 0.996. The zero-order chi connectivity index (χ0) is 29.1. The minimum Gasteiger partial charge on any atom is -0.461 e. The van der Waals surface area contributed by atoms with Crippen molar-refractivity contribution >= 4 is 46.7 Å². The summed E-state index contributed by atoms with van der Waals surface area (Å²) in [6.45, 7) is 3.02. The molecule has 1 saturated heterocycles. The predicted octanol–water partition coefficient (Wildman–Crippen LogP) is 3.14. The van der Waals surface area contributed by atoms with E-state index in [9.17, 15) is 19.2 Å². The van der Waals surface area contributed by atoms with E-state index in [-0.39, 0.29) is 35.2 Å². The zero-order valence-electron chi connectivity index (χ0n) is 21.9. The highest BCUT2D eigenvalue weighted by Gasteiger charge is 2.50. The lowest BCUT2D eigenvalue weighted by atomic mass is 10.1. The van der Waals surface area contributed by atoms with E-state index < -0.39 is 46.3 Å². The molecule has 0 spiro atoms. The van der Waals surface area contributed by atoms with Crippen molar-refractivity contribution in [3.63, 3.8) is 0 Å². The number of rotatable bonds is 8. The fourth-order valence-electron chi connectivity index (χ4n) is 4.06. The lowest BCUT2D eigenvalue weighted by molar-refractivity contribution is -0.118. The van der Waals surface area contributed by atoms with Crippen LogP contribution in [0.15, 0.2) is 65.5 Å². The zero-order valence-corrected chi connectivity index (χ0v) is 22.7. The van der Waals surface area contributed by atoms with E-state index in [2.05, 4.69) is 25.6 Å². The Hall–Kier alpha value is -4.59. The van der Waals surface area contributed by atoms with E-state index in [1.807, 2.05) is 0 Å². The van der Waals surface area contributed by atoms with Gasteiger partial charge in [-0.05, 0) is 24.3 Å². The van der Waals surface area contributed by atoms with Crippen molar-refractivity contribution < 1.29 is 28.2 Å². The van der Waals surface area contributed by atoms with Gasteiger partial charge in [0.2, 0.25) is 11.9 Å². The van der Waals surface area contributed by atoms with Crippen molar-refractivity contribution in [1.82, 2.24) is 25.0 Å². The van der Waals surface area contributed by atoms with Crippen LogP contribution in [0.5, 0.6) is 0 Å². The molecule has 2 aromatic heterocycles. The molecular formula is C27H25FN6O6S. The second-order valence-corrected chi connectivity index (χ2v) is 10.8. The Labute approximate surface area is 236 Å². The number of benzene rings is 2. The number of carbonyl (C=O) groups excluding carboxylic acids is 3. The maximum absolute atomic E-state index is 15.9. The molecule has 4 atom stereocenters. The van der Waals surface area contributed by atoms with Crippen molar-refractivity contribution in [1.29, 1.82) is 0 Å². The number of anilines is 1. The Morgan fingerprint density at radius 2 is 1.68 bits per heavy atom. The standard InChI is InChI=1S/C27H25FN6O6S/c1-14(2)22(35)30-27-29-21-19(23(36)31-27)32-33-34(21)24-20(40-26(38)16-11-7-4-8-12-16)18(28)17(41-24)13-39-25(37)15-9-5-3-6-10-15/h3-12,14,17-18,20,24H,13H2,1-2H3,(H2,29,30,31,35,36)/t17-,18-,20-,24?/m1/s1. The maximum atomic E-state index is 15.9. The quantitative estimate of drug-likeness (QED) is 0.297. The number of hydrogen-bond donors (Lipinski definition) is 2. The fraction of sp³-hybridized carbons (Fsp3) is 0.296. The van der Waals surface area contributed by atoms with Crippen LogP contribution in [0.2, 0.25) is 0 Å². The van der Waals surface area contributed by atoms with Gasteiger partial charge in [0.15, 0.2) is 23.4 Å². The van der Waals surface area contributed by atoms with Gasteiger partial charge in [0.25, 0.3) is 5.56 Å². The van der Waals surface area contributed by atoms with Crippen molar-refractivity contribution in [3.8, 4) is 0 Å². The predicted molar refractivity (Wildman–Crippen MR) is 147 cm³/mol. The summed E-state index contributed by atoms with van der Waals surface area (Å²) < 4.78 is 28.1. The highest BCUT2D eigenvalue weighted by atomic mass is 32.2. The van der Waals surface area contributed by atoms with Crippen LogP contribution in [0.3, 0.4) is 0 Å². The minimum atomic E-state index is -1.79. The molecule has 4 aromatic rings. The van der Waals surface area contributed by atoms with Gasteiger partial charge in [0.05, 0.1) is 16.4 Å². The molecule has 14 heteroatoms. The molecule has 1 fully saturated rings. The number of carbonyl (C=O) groups is 3. The molecule has 1 aliphatic heterocycles. The van der Waals surface area contributed by atoms with Crippen LogP contribution in [-0.4, -0.2) is 66.9 Å². The van der Waals surface area contributed by atoms with Crippen LogP contribution < -0.4 is 10.9 Å². The summed E-state index contributed by atoms with van der Waals surface area (Å²) in [4.78, 5) is 57.0. The molecule has 5 rings (SSSR count). The Balaban J connectivity index is 1.46. The first-order chi connectivity index (χ1) is 19.7. The molecule has 0 saturated carbocycles. The van der Waals surface area contributed by atoms with Crippen molar-refractivity contribution in [3.05, 3.63) is 82.1 Å². The van der Waals surface area contributed by atoms with Gasteiger partial charge >= 0.3 is 11.9 Å². The molecule has 1 unspecified atom stereocenters. The number of thioether (sulfide) groups is 1. The number of ether oxygens (including phenoxy) is 2. The van der Waals surface area contributed by atoms with Gasteiger partial charge in [0.1, 0.15) is 12.0 Å². The van der Waals surface area contributed by atoms with Crippen LogP contribution in [0.4, 0.5) is 10.3 Å². The first-order valence-corrected chi connectivity index (χ1v) is 13.6. The molecule has 1 amide bonds. The van der Waals surface area contributed by atoms with Gasteiger partial charge in [-0.3, -0.25) is 19.9 Å². The van der Waals surface area contributed by atoms with Crippen LogP contribution in [-0.2, 0) is 14.3 Å². The number of nitrogens with zero attached hydrogens (tertiary/aromatic N) is 4. The summed E-state index contributed by atoms with van der Waals surface area (Å²) in [5.41, 5.74) is -0.377. The average Bonchev–Trinajstić information content (AvgIpc) is 3.53. The molecule has 3 heterocycles. The van der Waals surface area contributed by atoms with Gasteiger partial charge in [-0.25, -0.2) is 18.7 Å². The molecule has 41 heavy (non-hydrogen) atoms. The van der Waals surface area contributed by atoms with E-state index in [1.165, 1.54) is 16.8 Å². The normalized spacial score (nSPS) is 20.2. The molecule has 2 aromatic carbocycles. The Kier molecular flexibility index (Phi) is 8.10. The minimum absolute atomic E-state index is 0.0554. The number of fused-ring (bicyclic) bond motifs is 1. The van der Waals surface area contributed by atoms with E-state index in [4.69, 9.17) is 9.47 Å². The molecule has 0 bridgehead atoms. The Morgan fingerprint density at radius 1 is 1.05 bits per heavy atom. The fourth-order valence-corrected chi connectivity index (χ4v) is 5.49. The number of hydrogen-bond acceptors (Lipinski definition) is 10. The number of H-pyrrole nitrogens is 1. The van der Waals surface area contributed by atoms with Gasteiger partial charge in [0, 0.05) is 5.92 Å². The number of nitrogens with one attached hydrogen (secondary N) is 2. The Bertz CT molecular complexity index is 1630. The summed E-state index contributed by atoms with van der Waals surface area (Å²) in [6.07, 6.45) is -3.20. The van der Waals surface area contributed by atoms with Crippen LogP contribution in [0.25, 0.3) is 11.2 Å². The number of aromatic nitrogens is 5. The number of esters is 2. The second kappa shape index (κ2) is 11.9. The maximum Gasteiger partial charge on any atom is 0.338 e. The average molecular weight is 581 g/mol. The summed E-state index contributed by atoms with van der Waals surface area (Å²) in [5, 5.41) is 8.43. The van der Waals surface area contributed by atoms with E-state index >= 15 is 4.39 Å². The third-order valence-corrected chi connectivity index (χ3v) is 7.74. The number of aromatic amines is 1. The molecule has 0 aliphatic carbocycles. The van der Waals surface area contributed by atoms with Gasteiger partial charge in [-0.1, -0.05) is 55.5 Å². The monoisotopic (exact) mass is 580 g/mol. The number of amides is 1. The molecule has 2 N–H and O–H groups in total. The first kappa shape index (κ1) is 28.0. The van der Waals surface area contributed by atoms with Gasteiger partial charge in [-0.2, -0.15) is 4.98 Å².